The van der Waals surface area contributed by atoms with Crippen molar-refractivity contribution in [2.75, 3.05) is 25.0 Å². The van der Waals surface area contributed by atoms with Crippen LogP contribution >= 0.6 is 0 Å². The Balaban J connectivity index is 1.46. The Morgan fingerprint density at radius 3 is 2.71 bits per heavy atom. The molecule has 1 aromatic heterocycles. The number of benzene rings is 1. The molecule has 0 saturated carbocycles. The first-order valence-corrected chi connectivity index (χ1v) is 9.41. The summed E-state index contributed by atoms with van der Waals surface area (Å²) in [6.45, 7) is 5.39. The molecule has 2 N–H and O–H groups in total. The summed E-state index contributed by atoms with van der Waals surface area (Å²) in [6.07, 6.45) is 1.21. The van der Waals surface area contributed by atoms with Crippen LogP contribution in [0.15, 0.2) is 28.8 Å². The Kier molecular flexibility index (Phi) is 6.46. The fourth-order valence-corrected chi connectivity index (χ4v) is 3.11. The first kappa shape index (κ1) is 19.7. The molecule has 0 radical (unpaired) electrons. The molecule has 2 heterocycles. The number of rotatable bonds is 6. The maximum Gasteiger partial charge on any atom is 0.321 e. The van der Waals surface area contributed by atoms with Gasteiger partial charge >= 0.3 is 6.03 Å². The van der Waals surface area contributed by atoms with Gasteiger partial charge in [-0.25, -0.2) is 4.79 Å². The normalized spacial score (nSPS) is 14.6. The largest absolute Gasteiger partial charge is 0.492 e. The number of piperidine rings is 1. The zero-order chi connectivity index (χ0) is 19.9. The second-order valence-corrected chi connectivity index (χ2v) is 6.57. The minimum Gasteiger partial charge on any atom is -0.492 e. The van der Waals surface area contributed by atoms with E-state index in [1.165, 1.54) is 0 Å². The molecule has 2 aromatic rings. The number of urea groups is 1. The first-order chi connectivity index (χ1) is 13.6. The van der Waals surface area contributed by atoms with Crippen molar-refractivity contribution in [1.82, 2.24) is 20.4 Å². The van der Waals surface area contributed by atoms with Crippen molar-refractivity contribution in [3.8, 4) is 5.75 Å². The van der Waals surface area contributed by atoms with Gasteiger partial charge in [-0.05, 0) is 38.8 Å². The second-order valence-electron chi connectivity index (χ2n) is 6.57. The van der Waals surface area contributed by atoms with Crippen LogP contribution in [0.3, 0.4) is 0 Å². The number of amides is 3. The van der Waals surface area contributed by atoms with Crippen molar-refractivity contribution in [3.63, 3.8) is 0 Å². The van der Waals surface area contributed by atoms with E-state index in [1.807, 2.05) is 31.2 Å². The van der Waals surface area contributed by atoms with Gasteiger partial charge in [0.1, 0.15) is 5.75 Å². The number of aromatic nitrogens is 2. The number of carbonyl (C=O) groups excluding carboxylic acids is 2. The average Bonchev–Trinajstić information content (AvgIpc) is 3.13. The summed E-state index contributed by atoms with van der Waals surface area (Å²) in [5.74, 6) is 1.37. The zero-order valence-corrected chi connectivity index (χ0v) is 16.1. The Morgan fingerprint density at radius 2 is 2.04 bits per heavy atom. The van der Waals surface area contributed by atoms with Gasteiger partial charge in [0.05, 0.1) is 18.8 Å². The smallest absolute Gasteiger partial charge is 0.321 e. The van der Waals surface area contributed by atoms with Crippen LogP contribution in [0.25, 0.3) is 0 Å². The van der Waals surface area contributed by atoms with Gasteiger partial charge in [0, 0.05) is 19.0 Å². The van der Waals surface area contributed by atoms with Crippen molar-refractivity contribution in [1.29, 1.82) is 0 Å². The van der Waals surface area contributed by atoms with Gasteiger partial charge < -0.3 is 24.8 Å². The lowest BCUT2D eigenvalue weighted by molar-refractivity contribution is -0.126. The highest BCUT2D eigenvalue weighted by Crippen LogP contribution is 2.25. The van der Waals surface area contributed by atoms with E-state index in [1.54, 1.807) is 11.8 Å². The molecule has 3 rings (SSSR count). The van der Waals surface area contributed by atoms with Gasteiger partial charge in [-0.2, -0.15) is 4.98 Å². The molecule has 28 heavy (non-hydrogen) atoms. The summed E-state index contributed by atoms with van der Waals surface area (Å²) in [6, 6.07) is 7.15. The topological polar surface area (TPSA) is 110 Å². The molecule has 0 atom stereocenters. The van der Waals surface area contributed by atoms with Crippen LogP contribution in [0.1, 0.15) is 31.5 Å². The van der Waals surface area contributed by atoms with Crippen LogP contribution in [0.5, 0.6) is 5.75 Å². The van der Waals surface area contributed by atoms with Gasteiger partial charge in [0.25, 0.3) is 0 Å². The van der Waals surface area contributed by atoms with Crippen LogP contribution in [0, 0.1) is 12.8 Å². The molecule has 1 aromatic carbocycles. The Morgan fingerprint density at radius 1 is 1.29 bits per heavy atom. The summed E-state index contributed by atoms with van der Waals surface area (Å²) >= 11 is 0. The quantitative estimate of drug-likeness (QED) is 0.787. The molecule has 1 aliphatic heterocycles. The van der Waals surface area contributed by atoms with Crippen molar-refractivity contribution in [2.45, 2.75) is 33.2 Å². The van der Waals surface area contributed by atoms with Crippen LogP contribution < -0.4 is 15.4 Å². The predicted octanol–water partition coefficient (Wildman–Crippen LogP) is 2.34. The zero-order valence-electron chi connectivity index (χ0n) is 16.1. The van der Waals surface area contributed by atoms with Crippen LogP contribution in [0.4, 0.5) is 10.5 Å². The molecule has 9 heteroatoms. The lowest BCUT2D eigenvalue weighted by Gasteiger charge is -2.31. The number of nitrogens with zero attached hydrogens (tertiary/aromatic N) is 3. The van der Waals surface area contributed by atoms with Crippen molar-refractivity contribution >= 4 is 17.6 Å². The highest BCUT2D eigenvalue weighted by atomic mass is 16.5. The third-order valence-electron chi connectivity index (χ3n) is 4.56. The predicted molar refractivity (Wildman–Crippen MR) is 102 cm³/mol. The van der Waals surface area contributed by atoms with Gasteiger partial charge in [0.15, 0.2) is 5.82 Å². The number of likely N-dealkylation sites (tertiary alicyclic amines) is 1. The highest BCUT2D eigenvalue weighted by Gasteiger charge is 2.27. The molecule has 1 aliphatic rings. The van der Waals surface area contributed by atoms with Crippen molar-refractivity contribution in [2.24, 2.45) is 5.92 Å². The molecule has 9 nitrogen and oxygen atoms in total. The van der Waals surface area contributed by atoms with E-state index in [-0.39, 0.29) is 24.4 Å². The number of para-hydroxylation sites is 2. The van der Waals surface area contributed by atoms with Crippen molar-refractivity contribution < 1.29 is 18.8 Å². The summed E-state index contributed by atoms with van der Waals surface area (Å²) in [5, 5.41) is 9.40. The third-order valence-corrected chi connectivity index (χ3v) is 4.56. The van der Waals surface area contributed by atoms with E-state index in [2.05, 4.69) is 20.8 Å². The highest BCUT2D eigenvalue weighted by molar-refractivity contribution is 5.91. The lowest BCUT2D eigenvalue weighted by atomic mass is 9.96. The van der Waals surface area contributed by atoms with E-state index >= 15 is 0 Å². The van der Waals surface area contributed by atoms with Crippen molar-refractivity contribution in [3.05, 3.63) is 36.0 Å². The Labute approximate surface area is 163 Å². The fraction of sp³-hybridized carbons (Fsp3) is 0.474. The number of aryl methyl sites for hydroxylation is 1. The van der Waals surface area contributed by atoms with Crippen LogP contribution in [-0.4, -0.2) is 46.7 Å². The maximum atomic E-state index is 12.5. The fourth-order valence-electron chi connectivity index (χ4n) is 3.11. The number of anilines is 1. The molecule has 0 bridgehead atoms. The van der Waals surface area contributed by atoms with E-state index in [0.717, 1.165) is 0 Å². The SMILES string of the molecule is CCOc1ccccc1NC(=O)N1CCC(C(=O)NCc2nc(C)no2)CC1. The second kappa shape index (κ2) is 9.20. The van der Waals surface area contributed by atoms with Crippen LogP contribution in [0.2, 0.25) is 0 Å². The summed E-state index contributed by atoms with van der Waals surface area (Å²) in [4.78, 5) is 30.6. The van der Waals surface area contributed by atoms with Gasteiger partial charge in [-0.1, -0.05) is 17.3 Å². The molecule has 3 amide bonds. The summed E-state index contributed by atoms with van der Waals surface area (Å²) in [7, 11) is 0. The van der Waals surface area contributed by atoms with E-state index in [0.29, 0.717) is 55.7 Å². The minimum atomic E-state index is -0.188. The van der Waals surface area contributed by atoms with Gasteiger partial charge in [-0.3, -0.25) is 4.79 Å². The summed E-state index contributed by atoms with van der Waals surface area (Å²) < 4.78 is 10.5. The molecular formula is C19H25N5O4. The Bertz CT molecular complexity index is 814. The van der Waals surface area contributed by atoms with E-state index in [9.17, 15) is 9.59 Å². The summed E-state index contributed by atoms with van der Waals surface area (Å²) in [5.41, 5.74) is 0.643. The number of carbonyl (C=O) groups is 2. The number of hydrogen-bond acceptors (Lipinski definition) is 6. The molecule has 0 unspecified atom stereocenters. The van der Waals surface area contributed by atoms with E-state index < -0.39 is 0 Å². The number of hydrogen-bond donors (Lipinski definition) is 2. The molecular weight excluding hydrogens is 362 g/mol. The molecule has 1 saturated heterocycles. The molecule has 0 aliphatic carbocycles. The van der Waals surface area contributed by atoms with Gasteiger partial charge in [-0.15, -0.1) is 0 Å². The maximum absolute atomic E-state index is 12.5. The standard InChI is InChI=1S/C19H25N5O4/c1-3-27-16-7-5-4-6-15(16)22-19(26)24-10-8-14(9-11-24)18(25)20-12-17-21-13(2)23-28-17/h4-7,14H,3,8-12H2,1-2H3,(H,20,25)(H,22,26). The number of nitrogens with one attached hydrogen (secondary N) is 2. The number of ether oxygens (including phenoxy) is 1. The first-order valence-electron chi connectivity index (χ1n) is 9.41. The van der Waals surface area contributed by atoms with E-state index in [4.69, 9.17) is 9.26 Å². The molecule has 1 fully saturated rings. The third kappa shape index (κ3) is 4.99. The molecule has 0 spiro atoms. The molecule has 150 valence electrons. The minimum absolute atomic E-state index is 0.0578. The monoisotopic (exact) mass is 387 g/mol. The average molecular weight is 387 g/mol. The lowest BCUT2D eigenvalue weighted by Crippen LogP contribution is -2.44. The van der Waals surface area contributed by atoms with Crippen LogP contribution in [-0.2, 0) is 11.3 Å². The Hall–Kier alpha value is -3.10. The van der Waals surface area contributed by atoms with Gasteiger partial charge in [0.2, 0.25) is 11.8 Å².